The number of nitrogens with one attached hydrogen (secondary N) is 1. The molecule has 2 nitrogen and oxygen atoms in total. The summed E-state index contributed by atoms with van der Waals surface area (Å²) in [6.07, 6.45) is 5.62. The van der Waals surface area contributed by atoms with E-state index in [1.807, 2.05) is 0 Å². The lowest BCUT2D eigenvalue weighted by Gasteiger charge is -2.37. The van der Waals surface area contributed by atoms with Crippen LogP contribution in [-0.4, -0.2) is 37.6 Å². The third-order valence-electron chi connectivity index (χ3n) is 3.49. The van der Waals surface area contributed by atoms with Crippen LogP contribution in [-0.2, 0) is 0 Å². The SMILES string of the molecule is CC1(CN2CCCC2)CCCNC1. The Morgan fingerprint density at radius 2 is 2.00 bits per heavy atom. The van der Waals surface area contributed by atoms with Crippen molar-refractivity contribution >= 4 is 0 Å². The highest BCUT2D eigenvalue weighted by atomic mass is 15.1. The molecule has 0 aromatic rings. The second-order valence-electron chi connectivity index (χ2n) is 5.07. The highest BCUT2D eigenvalue weighted by Gasteiger charge is 2.29. The smallest absolute Gasteiger partial charge is 0.00475 e. The Hall–Kier alpha value is -0.0800. The minimum atomic E-state index is 0.558. The molecule has 2 heteroatoms. The van der Waals surface area contributed by atoms with Crippen molar-refractivity contribution in [2.45, 2.75) is 32.6 Å². The van der Waals surface area contributed by atoms with Crippen molar-refractivity contribution in [3.8, 4) is 0 Å². The number of hydrogen-bond acceptors (Lipinski definition) is 2. The summed E-state index contributed by atoms with van der Waals surface area (Å²) in [7, 11) is 0. The molecule has 2 rings (SSSR count). The first-order valence-electron chi connectivity index (χ1n) is 5.72. The van der Waals surface area contributed by atoms with Crippen LogP contribution in [0.5, 0.6) is 0 Å². The van der Waals surface area contributed by atoms with Crippen molar-refractivity contribution < 1.29 is 0 Å². The molecule has 0 bridgehead atoms. The minimum Gasteiger partial charge on any atom is -0.316 e. The summed E-state index contributed by atoms with van der Waals surface area (Å²) >= 11 is 0. The zero-order valence-corrected chi connectivity index (χ0v) is 8.81. The number of nitrogens with zero attached hydrogens (tertiary/aromatic N) is 1. The molecule has 0 saturated carbocycles. The van der Waals surface area contributed by atoms with Gasteiger partial charge < -0.3 is 10.2 Å². The third-order valence-corrected chi connectivity index (χ3v) is 3.49. The lowest BCUT2D eigenvalue weighted by molar-refractivity contribution is 0.152. The molecule has 0 amide bonds. The molecule has 1 N–H and O–H groups in total. The zero-order chi connectivity index (χ0) is 9.15. The zero-order valence-electron chi connectivity index (χ0n) is 8.81. The van der Waals surface area contributed by atoms with Crippen LogP contribution in [0.1, 0.15) is 32.6 Å². The van der Waals surface area contributed by atoms with Gasteiger partial charge in [0, 0.05) is 13.1 Å². The molecule has 0 spiro atoms. The molecule has 76 valence electrons. The average Bonchev–Trinajstić information content (AvgIpc) is 2.57. The fraction of sp³-hybridized carbons (Fsp3) is 1.00. The Labute approximate surface area is 81.7 Å². The Balaban J connectivity index is 1.83. The maximum Gasteiger partial charge on any atom is 0.00475 e. The van der Waals surface area contributed by atoms with E-state index in [-0.39, 0.29) is 0 Å². The molecule has 2 saturated heterocycles. The second-order valence-corrected chi connectivity index (χ2v) is 5.07. The highest BCUT2D eigenvalue weighted by Crippen LogP contribution is 2.27. The summed E-state index contributed by atoms with van der Waals surface area (Å²) in [5.74, 6) is 0. The molecule has 13 heavy (non-hydrogen) atoms. The molecule has 1 unspecified atom stereocenters. The molecule has 2 aliphatic heterocycles. The van der Waals surface area contributed by atoms with Crippen molar-refractivity contribution in [3.05, 3.63) is 0 Å². The van der Waals surface area contributed by atoms with Crippen LogP contribution in [0, 0.1) is 5.41 Å². The van der Waals surface area contributed by atoms with Gasteiger partial charge in [-0.3, -0.25) is 0 Å². The lowest BCUT2D eigenvalue weighted by atomic mass is 9.82. The predicted molar refractivity (Wildman–Crippen MR) is 55.9 cm³/mol. The maximum absolute atomic E-state index is 3.52. The summed E-state index contributed by atoms with van der Waals surface area (Å²) in [6.45, 7) is 8.90. The van der Waals surface area contributed by atoms with Crippen molar-refractivity contribution in [1.82, 2.24) is 10.2 Å². The minimum absolute atomic E-state index is 0.558. The van der Waals surface area contributed by atoms with Crippen LogP contribution in [0.25, 0.3) is 0 Å². The second kappa shape index (κ2) is 3.97. The quantitative estimate of drug-likeness (QED) is 0.696. The van der Waals surface area contributed by atoms with Crippen LogP contribution in [0.15, 0.2) is 0 Å². The Bertz CT molecular complexity index is 155. The van der Waals surface area contributed by atoms with Crippen molar-refractivity contribution in [2.75, 3.05) is 32.7 Å². The van der Waals surface area contributed by atoms with Gasteiger partial charge in [0.2, 0.25) is 0 Å². The Morgan fingerprint density at radius 1 is 1.23 bits per heavy atom. The molecule has 1 atom stereocenters. The molecular formula is C11H22N2. The molecule has 2 aliphatic rings. The molecule has 2 fully saturated rings. The lowest BCUT2D eigenvalue weighted by Crippen LogP contribution is -2.45. The van der Waals surface area contributed by atoms with Crippen molar-refractivity contribution in [1.29, 1.82) is 0 Å². The van der Waals surface area contributed by atoms with Gasteiger partial charge in [-0.1, -0.05) is 6.92 Å². The molecular weight excluding hydrogens is 160 g/mol. The van der Waals surface area contributed by atoms with E-state index in [9.17, 15) is 0 Å². The topological polar surface area (TPSA) is 15.3 Å². The summed E-state index contributed by atoms with van der Waals surface area (Å²) in [6, 6.07) is 0. The largest absolute Gasteiger partial charge is 0.316 e. The van der Waals surface area contributed by atoms with Gasteiger partial charge in [0.1, 0.15) is 0 Å². The van der Waals surface area contributed by atoms with Gasteiger partial charge in [-0.2, -0.15) is 0 Å². The van der Waals surface area contributed by atoms with E-state index in [2.05, 4.69) is 17.1 Å². The summed E-state index contributed by atoms with van der Waals surface area (Å²) in [5, 5.41) is 3.52. The first kappa shape index (κ1) is 9.47. The number of piperidine rings is 1. The van der Waals surface area contributed by atoms with Crippen LogP contribution in [0.3, 0.4) is 0 Å². The summed E-state index contributed by atoms with van der Waals surface area (Å²) in [5.41, 5.74) is 0.558. The first-order valence-corrected chi connectivity index (χ1v) is 5.72. The standard InChI is InChI=1S/C11H22N2/c1-11(5-4-6-12-9-11)10-13-7-2-3-8-13/h12H,2-10H2,1H3. The van der Waals surface area contributed by atoms with Crippen LogP contribution in [0.2, 0.25) is 0 Å². The molecule has 0 radical (unpaired) electrons. The monoisotopic (exact) mass is 182 g/mol. The number of likely N-dealkylation sites (tertiary alicyclic amines) is 1. The normalized spacial score (nSPS) is 36.7. The van der Waals surface area contributed by atoms with Crippen LogP contribution in [0.4, 0.5) is 0 Å². The van der Waals surface area contributed by atoms with Crippen LogP contribution >= 0.6 is 0 Å². The van der Waals surface area contributed by atoms with E-state index >= 15 is 0 Å². The summed E-state index contributed by atoms with van der Waals surface area (Å²) in [4.78, 5) is 2.65. The third kappa shape index (κ3) is 2.44. The van der Waals surface area contributed by atoms with Gasteiger partial charge in [-0.05, 0) is 50.7 Å². The average molecular weight is 182 g/mol. The van der Waals surface area contributed by atoms with Crippen molar-refractivity contribution in [3.63, 3.8) is 0 Å². The molecule has 0 aliphatic carbocycles. The Kier molecular flexibility index (Phi) is 2.89. The number of hydrogen-bond donors (Lipinski definition) is 1. The molecule has 0 aromatic carbocycles. The van der Waals surface area contributed by atoms with Gasteiger partial charge in [0.15, 0.2) is 0 Å². The van der Waals surface area contributed by atoms with E-state index in [4.69, 9.17) is 0 Å². The van der Waals surface area contributed by atoms with E-state index in [1.54, 1.807) is 0 Å². The van der Waals surface area contributed by atoms with Gasteiger partial charge in [-0.15, -0.1) is 0 Å². The maximum atomic E-state index is 3.52. The van der Waals surface area contributed by atoms with E-state index in [0.29, 0.717) is 5.41 Å². The first-order chi connectivity index (χ1) is 6.29. The Morgan fingerprint density at radius 3 is 2.62 bits per heavy atom. The van der Waals surface area contributed by atoms with Gasteiger partial charge >= 0.3 is 0 Å². The van der Waals surface area contributed by atoms with E-state index in [1.165, 1.54) is 58.4 Å². The predicted octanol–water partition coefficient (Wildman–Crippen LogP) is 1.47. The van der Waals surface area contributed by atoms with E-state index < -0.39 is 0 Å². The fourth-order valence-electron chi connectivity index (χ4n) is 2.73. The van der Waals surface area contributed by atoms with Crippen LogP contribution < -0.4 is 5.32 Å². The highest BCUT2D eigenvalue weighted by molar-refractivity contribution is 4.85. The fourth-order valence-corrected chi connectivity index (χ4v) is 2.73. The van der Waals surface area contributed by atoms with Crippen molar-refractivity contribution in [2.24, 2.45) is 5.41 Å². The van der Waals surface area contributed by atoms with Gasteiger partial charge in [0.05, 0.1) is 0 Å². The van der Waals surface area contributed by atoms with Gasteiger partial charge in [0.25, 0.3) is 0 Å². The van der Waals surface area contributed by atoms with Gasteiger partial charge in [-0.25, -0.2) is 0 Å². The number of rotatable bonds is 2. The molecule has 2 heterocycles. The molecule has 0 aromatic heterocycles. The van der Waals surface area contributed by atoms with E-state index in [0.717, 1.165) is 0 Å². The summed E-state index contributed by atoms with van der Waals surface area (Å²) < 4.78 is 0.